The number of para-hydroxylation sites is 1. The molecule has 4 aromatic rings. The maximum atomic E-state index is 12.8. The molecule has 0 radical (unpaired) electrons. The van der Waals surface area contributed by atoms with Crippen molar-refractivity contribution in [1.82, 2.24) is 0 Å². The number of nitrogens with zero attached hydrogens (tertiary/aromatic N) is 1. The second-order valence-electron chi connectivity index (χ2n) is 7.16. The summed E-state index contributed by atoms with van der Waals surface area (Å²) in [4.78, 5) is 12.8. The second kappa shape index (κ2) is 8.43. The summed E-state index contributed by atoms with van der Waals surface area (Å²) in [7, 11) is -0.863. The number of ether oxygens (including phenoxy) is 2. The highest BCUT2D eigenvalue weighted by Gasteiger charge is 2.24. The van der Waals surface area contributed by atoms with Crippen molar-refractivity contribution in [2.75, 3.05) is 36.6 Å². The van der Waals surface area contributed by atoms with E-state index in [1.807, 2.05) is 30.3 Å². The van der Waals surface area contributed by atoms with E-state index in [4.69, 9.17) is 13.9 Å². The zero-order valence-electron chi connectivity index (χ0n) is 17.8. The molecule has 166 valence electrons. The first-order valence-electron chi connectivity index (χ1n) is 9.71. The highest BCUT2D eigenvalue weighted by atomic mass is 32.2. The Kier molecular flexibility index (Phi) is 5.67. The molecule has 9 heteroatoms. The maximum Gasteiger partial charge on any atom is 0.245 e. The SMILES string of the molecule is COc1ccc(N(CC(=O)Nc2ccc3c(c2)oc2ccccc23)S(C)(=O)=O)c(OC)c1. The molecule has 0 fully saturated rings. The third-order valence-corrected chi connectivity index (χ3v) is 6.13. The van der Waals surface area contributed by atoms with Crippen molar-refractivity contribution in [3.05, 3.63) is 60.7 Å². The lowest BCUT2D eigenvalue weighted by Gasteiger charge is -2.24. The molecule has 0 unspecified atom stereocenters. The number of hydrogen-bond acceptors (Lipinski definition) is 6. The van der Waals surface area contributed by atoms with Crippen LogP contribution < -0.4 is 19.1 Å². The zero-order valence-corrected chi connectivity index (χ0v) is 18.6. The first kappa shape index (κ1) is 21.5. The van der Waals surface area contributed by atoms with Crippen LogP contribution in [0.4, 0.5) is 11.4 Å². The van der Waals surface area contributed by atoms with Gasteiger partial charge in [0.05, 0.1) is 26.2 Å². The minimum atomic E-state index is -3.78. The van der Waals surface area contributed by atoms with Crippen LogP contribution in [0.3, 0.4) is 0 Å². The van der Waals surface area contributed by atoms with E-state index in [0.29, 0.717) is 17.0 Å². The minimum absolute atomic E-state index is 0.235. The van der Waals surface area contributed by atoms with Gasteiger partial charge in [0.2, 0.25) is 15.9 Å². The van der Waals surface area contributed by atoms with Crippen LogP contribution in [-0.2, 0) is 14.8 Å². The van der Waals surface area contributed by atoms with Crippen LogP contribution in [0.5, 0.6) is 11.5 Å². The van der Waals surface area contributed by atoms with Crippen LogP contribution in [0, 0.1) is 0 Å². The average Bonchev–Trinajstić information content (AvgIpc) is 3.14. The predicted molar refractivity (Wildman–Crippen MR) is 124 cm³/mol. The summed E-state index contributed by atoms with van der Waals surface area (Å²) in [6.07, 6.45) is 1.03. The predicted octanol–water partition coefficient (Wildman–Crippen LogP) is 4.01. The summed E-state index contributed by atoms with van der Waals surface area (Å²) < 4.78 is 42.2. The fourth-order valence-electron chi connectivity index (χ4n) is 3.51. The van der Waals surface area contributed by atoms with Gasteiger partial charge in [-0.05, 0) is 30.3 Å². The normalized spacial score (nSPS) is 11.5. The number of carbonyl (C=O) groups is 1. The minimum Gasteiger partial charge on any atom is -0.497 e. The van der Waals surface area contributed by atoms with Gasteiger partial charge in [-0.3, -0.25) is 9.10 Å². The van der Waals surface area contributed by atoms with E-state index in [0.717, 1.165) is 26.9 Å². The Balaban J connectivity index is 1.60. The molecule has 0 saturated carbocycles. The van der Waals surface area contributed by atoms with Crippen molar-refractivity contribution in [1.29, 1.82) is 0 Å². The van der Waals surface area contributed by atoms with Crippen LogP contribution in [0.1, 0.15) is 0 Å². The Hall–Kier alpha value is -3.72. The van der Waals surface area contributed by atoms with Gasteiger partial charge in [0.1, 0.15) is 29.2 Å². The number of furan rings is 1. The molecule has 1 amide bonds. The lowest BCUT2D eigenvalue weighted by atomic mass is 10.1. The maximum absolute atomic E-state index is 12.8. The van der Waals surface area contributed by atoms with Crippen molar-refractivity contribution < 1.29 is 27.1 Å². The van der Waals surface area contributed by atoms with Gasteiger partial charge in [0.15, 0.2) is 0 Å². The number of carbonyl (C=O) groups excluding carboxylic acids is 1. The molecule has 32 heavy (non-hydrogen) atoms. The number of nitrogens with one attached hydrogen (secondary N) is 1. The molecular formula is C23H22N2O6S. The molecule has 3 aromatic carbocycles. The first-order chi connectivity index (χ1) is 15.3. The Morgan fingerprint density at radius 1 is 0.969 bits per heavy atom. The van der Waals surface area contributed by atoms with Crippen LogP contribution >= 0.6 is 0 Å². The van der Waals surface area contributed by atoms with Crippen molar-refractivity contribution in [3.63, 3.8) is 0 Å². The van der Waals surface area contributed by atoms with Gasteiger partial charge in [-0.25, -0.2) is 8.42 Å². The molecule has 0 bridgehead atoms. The summed E-state index contributed by atoms with van der Waals surface area (Å²) in [5.41, 5.74) is 2.11. The number of benzene rings is 3. The van der Waals surface area contributed by atoms with E-state index in [1.54, 1.807) is 24.3 Å². The lowest BCUT2D eigenvalue weighted by Crippen LogP contribution is -2.37. The molecule has 1 aromatic heterocycles. The molecule has 1 N–H and O–H groups in total. The molecule has 0 atom stereocenters. The largest absolute Gasteiger partial charge is 0.497 e. The fourth-order valence-corrected chi connectivity index (χ4v) is 4.37. The number of methoxy groups -OCH3 is 2. The summed E-state index contributed by atoms with van der Waals surface area (Å²) in [6.45, 7) is -0.431. The molecule has 8 nitrogen and oxygen atoms in total. The van der Waals surface area contributed by atoms with Crippen molar-refractivity contribution in [3.8, 4) is 11.5 Å². The monoisotopic (exact) mass is 454 g/mol. The Morgan fingerprint density at radius 2 is 1.72 bits per heavy atom. The van der Waals surface area contributed by atoms with Crippen LogP contribution in [0.15, 0.2) is 65.1 Å². The standard InChI is InChI=1S/C23H22N2O6S/c1-29-16-9-11-19(22(13-16)30-2)25(32(3,27)28)14-23(26)24-15-8-10-18-17-6-4-5-7-20(17)31-21(18)12-15/h4-13H,14H2,1-3H3,(H,24,26). The van der Waals surface area contributed by atoms with Crippen LogP contribution in [0.25, 0.3) is 21.9 Å². The van der Waals surface area contributed by atoms with E-state index in [1.165, 1.54) is 20.3 Å². The Morgan fingerprint density at radius 3 is 2.44 bits per heavy atom. The molecular weight excluding hydrogens is 432 g/mol. The summed E-state index contributed by atoms with van der Waals surface area (Å²) in [5.74, 6) is 0.262. The van der Waals surface area contributed by atoms with Gasteiger partial charge in [-0.1, -0.05) is 18.2 Å². The van der Waals surface area contributed by atoms with E-state index < -0.39 is 22.5 Å². The number of anilines is 2. The molecule has 0 aliphatic rings. The summed E-state index contributed by atoms with van der Waals surface area (Å²) in [5, 5.41) is 4.65. The third-order valence-electron chi connectivity index (χ3n) is 5.01. The summed E-state index contributed by atoms with van der Waals surface area (Å²) >= 11 is 0. The number of sulfonamides is 1. The highest BCUT2D eigenvalue weighted by Crippen LogP contribution is 2.34. The lowest BCUT2D eigenvalue weighted by molar-refractivity contribution is -0.114. The van der Waals surface area contributed by atoms with E-state index in [-0.39, 0.29) is 11.4 Å². The van der Waals surface area contributed by atoms with Gasteiger partial charge in [-0.2, -0.15) is 0 Å². The molecule has 4 rings (SSSR count). The number of fused-ring (bicyclic) bond motifs is 3. The third kappa shape index (κ3) is 4.19. The van der Waals surface area contributed by atoms with Gasteiger partial charge >= 0.3 is 0 Å². The molecule has 0 aliphatic heterocycles. The topological polar surface area (TPSA) is 98.1 Å². The van der Waals surface area contributed by atoms with Gasteiger partial charge in [0, 0.05) is 28.6 Å². The Bertz CT molecular complexity index is 1410. The van der Waals surface area contributed by atoms with Gasteiger partial charge < -0.3 is 19.2 Å². The average molecular weight is 455 g/mol. The quantitative estimate of drug-likeness (QED) is 0.453. The van der Waals surface area contributed by atoms with E-state index in [9.17, 15) is 13.2 Å². The fraction of sp³-hybridized carbons (Fsp3) is 0.174. The number of rotatable bonds is 7. The van der Waals surface area contributed by atoms with Gasteiger partial charge in [-0.15, -0.1) is 0 Å². The summed E-state index contributed by atoms with van der Waals surface area (Å²) in [6, 6.07) is 17.7. The van der Waals surface area contributed by atoms with Gasteiger partial charge in [0.25, 0.3) is 0 Å². The van der Waals surface area contributed by atoms with E-state index in [2.05, 4.69) is 5.32 Å². The highest BCUT2D eigenvalue weighted by molar-refractivity contribution is 7.92. The zero-order chi connectivity index (χ0) is 22.9. The molecule has 0 spiro atoms. The van der Waals surface area contributed by atoms with E-state index >= 15 is 0 Å². The molecule has 0 aliphatic carbocycles. The number of amides is 1. The smallest absolute Gasteiger partial charge is 0.245 e. The van der Waals surface area contributed by atoms with Crippen molar-refractivity contribution in [2.45, 2.75) is 0 Å². The number of hydrogen-bond donors (Lipinski definition) is 1. The Labute approximate surface area is 185 Å². The molecule has 1 heterocycles. The molecule has 0 saturated heterocycles. The van der Waals surface area contributed by atoms with Crippen LogP contribution in [-0.4, -0.2) is 41.3 Å². The first-order valence-corrected chi connectivity index (χ1v) is 11.6. The van der Waals surface area contributed by atoms with Crippen LogP contribution in [0.2, 0.25) is 0 Å². The van der Waals surface area contributed by atoms with Crippen molar-refractivity contribution >= 4 is 49.2 Å². The second-order valence-corrected chi connectivity index (χ2v) is 9.07. The van der Waals surface area contributed by atoms with Crippen molar-refractivity contribution in [2.24, 2.45) is 0 Å².